The zero-order valence-electron chi connectivity index (χ0n) is 11.5. The molecule has 2 nitrogen and oxygen atoms in total. The van der Waals surface area contributed by atoms with E-state index in [0.717, 1.165) is 19.5 Å². The summed E-state index contributed by atoms with van der Waals surface area (Å²) in [6, 6.07) is 4.84. The highest BCUT2D eigenvalue weighted by Gasteiger charge is 2.30. The Kier molecular flexibility index (Phi) is 5.30. The lowest BCUT2D eigenvalue weighted by molar-refractivity contribution is 0.109. The van der Waals surface area contributed by atoms with Crippen molar-refractivity contribution in [2.24, 2.45) is 0 Å². The van der Waals surface area contributed by atoms with E-state index in [9.17, 15) is 8.78 Å². The van der Waals surface area contributed by atoms with Gasteiger partial charge in [0.2, 0.25) is 0 Å². The number of thiophene rings is 1. The molecule has 0 aromatic carbocycles. The highest BCUT2D eigenvalue weighted by molar-refractivity contribution is 7.10. The molecule has 0 radical (unpaired) electrons. The van der Waals surface area contributed by atoms with Crippen molar-refractivity contribution in [1.82, 2.24) is 10.2 Å². The van der Waals surface area contributed by atoms with E-state index in [0.29, 0.717) is 12.0 Å². The van der Waals surface area contributed by atoms with Crippen LogP contribution in [0.25, 0.3) is 0 Å². The van der Waals surface area contributed by atoms with E-state index in [-0.39, 0.29) is 12.6 Å². The molecule has 0 saturated carbocycles. The number of alkyl halides is 2. The van der Waals surface area contributed by atoms with Crippen LogP contribution in [0.1, 0.15) is 31.1 Å². The van der Waals surface area contributed by atoms with Gasteiger partial charge in [0.15, 0.2) is 0 Å². The van der Waals surface area contributed by atoms with Gasteiger partial charge in [0.1, 0.15) is 0 Å². The van der Waals surface area contributed by atoms with Crippen LogP contribution in [0.2, 0.25) is 0 Å². The molecule has 0 amide bonds. The molecule has 1 fully saturated rings. The van der Waals surface area contributed by atoms with Crippen LogP contribution in [-0.2, 0) is 0 Å². The Bertz CT molecular complexity index is 368. The molecule has 1 aliphatic heterocycles. The Morgan fingerprint density at radius 3 is 2.79 bits per heavy atom. The zero-order valence-corrected chi connectivity index (χ0v) is 12.3. The Hall–Kier alpha value is -0.520. The average molecular weight is 288 g/mol. The average Bonchev–Trinajstić information content (AvgIpc) is 2.89. The SMILES string of the molecule is CC(C)N1CC(NCC(F)F)CC(c2cccs2)C1. The van der Waals surface area contributed by atoms with Crippen molar-refractivity contribution in [1.29, 1.82) is 0 Å². The number of halogens is 2. The van der Waals surface area contributed by atoms with Gasteiger partial charge < -0.3 is 5.32 Å². The molecule has 1 N–H and O–H groups in total. The summed E-state index contributed by atoms with van der Waals surface area (Å²) in [5.41, 5.74) is 0. The Balaban J connectivity index is 2.00. The van der Waals surface area contributed by atoms with E-state index in [4.69, 9.17) is 0 Å². The van der Waals surface area contributed by atoms with Crippen molar-refractivity contribution in [3.05, 3.63) is 22.4 Å². The first-order chi connectivity index (χ1) is 9.06. The smallest absolute Gasteiger partial charge is 0.250 e. The molecule has 0 bridgehead atoms. The van der Waals surface area contributed by atoms with Crippen LogP contribution in [0.3, 0.4) is 0 Å². The number of likely N-dealkylation sites (tertiary alicyclic amines) is 1. The Morgan fingerprint density at radius 2 is 2.21 bits per heavy atom. The largest absolute Gasteiger partial charge is 0.307 e. The summed E-state index contributed by atoms with van der Waals surface area (Å²) in [7, 11) is 0. The second-order valence-corrected chi connectivity index (χ2v) is 6.47. The molecular formula is C14H22F2N2S. The number of hydrogen-bond donors (Lipinski definition) is 1. The molecule has 19 heavy (non-hydrogen) atoms. The lowest BCUT2D eigenvalue weighted by Crippen LogP contribution is -2.51. The molecule has 2 unspecified atom stereocenters. The number of nitrogens with one attached hydrogen (secondary N) is 1. The van der Waals surface area contributed by atoms with Gasteiger partial charge in [-0.25, -0.2) is 8.78 Å². The van der Waals surface area contributed by atoms with E-state index in [1.807, 2.05) is 0 Å². The first kappa shape index (κ1) is 14.9. The summed E-state index contributed by atoms with van der Waals surface area (Å²) in [4.78, 5) is 3.76. The monoisotopic (exact) mass is 288 g/mol. The fourth-order valence-corrected chi connectivity index (χ4v) is 3.52. The Morgan fingerprint density at radius 1 is 1.42 bits per heavy atom. The van der Waals surface area contributed by atoms with Crippen LogP contribution < -0.4 is 5.32 Å². The second kappa shape index (κ2) is 6.77. The van der Waals surface area contributed by atoms with Crippen molar-refractivity contribution in [3.8, 4) is 0 Å². The van der Waals surface area contributed by atoms with Crippen LogP contribution in [0.4, 0.5) is 8.78 Å². The summed E-state index contributed by atoms with van der Waals surface area (Å²) < 4.78 is 24.7. The van der Waals surface area contributed by atoms with Crippen LogP contribution in [0.15, 0.2) is 17.5 Å². The quantitative estimate of drug-likeness (QED) is 0.895. The molecule has 0 spiro atoms. The zero-order chi connectivity index (χ0) is 13.8. The molecule has 2 atom stereocenters. The van der Waals surface area contributed by atoms with Gasteiger partial charge in [0.05, 0.1) is 6.54 Å². The molecule has 2 heterocycles. The maximum absolute atomic E-state index is 12.3. The topological polar surface area (TPSA) is 15.3 Å². The summed E-state index contributed by atoms with van der Waals surface area (Å²) >= 11 is 1.77. The van der Waals surface area contributed by atoms with Gasteiger partial charge >= 0.3 is 0 Å². The number of piperidine rings is 1. The molecule has 2 rings (SSSR count). The van der Waals surface area contributed by atoms with E-state index >= 15 is 0 Å². The molecule has 108 valence electrons. The fraction of sp³-hybridized carbons (Fsp3) is 0.714. The first-order valence-electron chi connectivity index (χ1n) is 6.85. The lowest BCUT2D eigenvalue weighted by Gasteiger charge is -2.40. The summed E-state index contributed by atoms with van der Waals surface area (Å²) in [5, 5.41) is 5.10. The van der Waals surface area contributed by atoms with Gasteiger partial charge in [-0.05, 0) is 31.7 Å². The summed E-state index contributed by atoms with van der Waals surface area (Å²) in [6.45, 7) is 6.03. The van der Waals surface area contributed by atoms with Crippen LogP contribution in [0.5, 0.6) is 0 Å². The standard InChI is InChI=1S/C14H22F2N2S/c1-10(2)18-8-11(13-4-3-5-19-13)6-12(9-18)17-7-14(15)16/h3-5,10-12,14,17H,6-9H2,1-2H3. The van der Waals surface area contributed by atoms with E-state index < -0.39 is 6.43 Å². The van der Waals surface area contributed by atoms with Gasteiger partial charge in [0, 0.05) is 36.0 Å². The minimum atomic E-state index is -2.27. The third-order valence-electron chi connectivity index (χ3n) is 3.72. The lowest BCUT2D eigenvalue weighted by atomic mass is 9.92. The van der Waals surface area contributed by atoms with Gasteiger partial charge in [-0.15, -0.1) is 11.3 Å². The van der Waals surface area contributed by atoms with Crippen molar-refractivity contribution in [3.63, 3.8) is 0 Å². The highest BCUT2D eigenvalue weighted by atomic mass is 32.1. The van der Waals surface area contributed by atoms with Crippen molar-refractivity contribution < 1.29 is 8.78 Å². The van der Waals surface area contributed by atoms with Crippen molar-refractivity contribution >= 4 is 11.3 Å². The molecule has 1 aliphatic rings. The number of nitrogens with zero attached hydrogens (tertiary/aromatic N) is 1. The highest BCUT2D eigenvalue weighted by Crippen LogP contribution is 2.31. The van der Waals surface area contributed by atoms with Crippen molar-refractivity contribution in [2.45, 2.75) is 44.7 Å². The molecular weight excluding hydrogens is 266 g/mol. The predicted octanol–water partition coefficient (Wildman–Crippen LogP) is 3.17. The van der Waals surface area contributed by atoms with E-state index in [2.05, 4.69) is 41.6 Å². The Labute approximate surface area is 117 Å². The molecule has 1 aromatic rings. The summed E-state index contributed by atoms with van der Waals surface area (Å²) in [5.74, 6) is 0.464. The maximum Gasteiger partial charge on any atom is 0.250 e. The van der Waals surface area contributed by atoms with Gasteiger partial charge in [0.25, 0.3) is 6.43 Å². The predicted molar refractivity (Wildman–Crippen MR) is 76.2 cm³/mol. The normalized spacial score (nSPS) is 25.4. The van der Waals surface area contributed by atoms with Crippen LogP contribution in [-0.4, -0.2) is 43.0 Å². The van der Waals surface area contributed by atoms with Gasteiger partial charge in [-0.2, -0.15) is 0 Å². The van der Waals surface area contributed by atoms with Crippen molar-refractivity contribution in [2.75, 3.05) is 19.6 Å². The number of rotatable bonds is 5. The third-order valence-corrected chi connectivity index (χ3v) is 4.75. The fourth-order valence-electron chi connectivity index (χ4n) is 2.69. The van der Waals surface area contributed by atoms with E-state index in [1.165, 1.54) is 4.88 Å². The third kappa shape index (κ3) is 4.23. The molecule has 0 aliphatic carbocycles. The van der Waals surface area contributed by atoms with Crippen LogP contribution in [0, 0.1) is 0 Å². The second-order valence-electron chi connectivity index (χ2n) is 5.49. The minimum Gasteiger partial charge on any atom is -0.307 e. The maximum atomic E-state index is 12.3. The number of hydrogen-bond acceptors (Lipinski definition) is 3. The minimum absolute atomic E-state index is 0.164. The molecule has 5 heteroatoms. The molecule has 1 saturated heterocycles. The van der Waals surface area contributed by atoms with Gasteiger partial charge in [-0.1, -0.05) is 6.07 Å². The summed E-state index contributed by atoms with van der Waals surface area (Å²) in [6.07, 6.45) is -1.31. The van der Waals surface area contributed by atoms with Gasteiger partial charge in [-0.3, -0.25) is 4.90 Å². The first-order valence-corrected chi connectivity index (χ1v) is 7.73. The van der Waals surface area contributed by atoms with Crippen LogP contribution >= 0.6 is 11.3 Å². The van der Waals surface area contributed by atoms with E-state index in [1.54, 1.807) is 11.3 Å². The molecule has 1 aromatic heterocycles.